The highest BCUT2D eigenvalue weighted by molar-refractivity contribution is 7.13. The Morgan fingerprint density at radius 3 is 2.78 bits per heavy atom. The molecule has 144 valence electrons. The molecule has 1 aromatic heterocycles. The van der Waals surface area contributed by atoms with Crippen LogP contribution in [-0.2, 0) is 22.6 Å². The van der Waals surface area contributed by atoms with Crippen molar-refractivity contribution in [3.05, 3.63) is 40.9 Å². The van der Waals surface area contributed by atoms with Crippen LogP contribution in [0.1, 0.15) is 11.3 Å². The molecule has 1 aliphatic rings. The van der Waals surface area contributed by atoms with E-state index in [1.807, 2.05) is 17.5 Å². The number of thiazole rings is 1. The molecule has 0 bridgehead atoms. The third-order valence-electron chi connectivity index (χ3n) is 4.51. The number of aliphatic carboxylic acids is 1. The summed E-state index contributed by atoms with van der Waals surface area (Å²) in [6, 6.07) is 8.36. The van der Waals surface area contributed by atoms with E-state index in [2.05, 4.69) is 39.3 Å². The molecule has 27 heavy (non-hydrogen) atoms. The van der Waals surface area contributed by atoms with Crippen molar-refractivity contribution in [2.75, 3.05) is 39.8 Å². The Balaban J connectivity index is 1.61. The molecular weight excluding hydrogens is 364 g/mol. The molecule has 1 saturated heterocycles. The molecule has 8 heteroatoms. The average Bonchev–Trinajstić information content (AvgIpc) is 3.11. The summed E-state index contributed by atoms with van der Waals surface area (Å²) in [6.07, 6.45) is 0.0881. The Labute approximate surface area is 162 Å². The Morgan fingerprint density at radius 2 is 2.04 bits per heavy atom. The molecule has 0 aliphatic carbocycles. The highest BCUT2D eigenvalue weighted by Gasteiger charge is 2.15. The van der Waals surface area contributed by atoms with Gasteiger partial charge in [-0.1, -0.05) is 18.2 Å². The van der Waals surface area contributed by atoms with Gasteiger partial charge in [0.25, 0.3) is 0 Å². The first-order valence-corrected chi connectivity index (χ1v) is 9.80. The number of likely N-dealkylation sites (N-methyl/N-ethyl adjacent to an activating group) is 1. The van der Waals surface area contributed by atoms with Crippen molar-refractivity contribution in [1.29, 1.82) is 0 Å². The van der Waals surface area contributed by atoms with Crippen LogP contribution in [0.5, 0.6) is 0 Å². The number of carboxylic acids is 1. The summed E-state index contributed by atoms with van der Waals surface area (Å²) in [5, 5.41) is 13.7. The maximum absolute atomic E-state index is 11.7. The van der Waals surface area contributed by atoms with E-state index < -0.39 is 5.97 Å². The number of rotatable bonds is 7. The fourth-order valence-corrected chi connectivity index (χ4v) is 3.81. The van der Waals surface area contributed by atoms with Gasteiger partial charge in [-0.3, -0.25) is 14.5 Å². The molecule has 3 rings (SSSR count). The number of carbonyl (C=O) groups is 2. The summed E-state index contributed by atoms with van der Waals surface area (Å²) < 4.78 is 0. The number of carboxylic acid groups (broad SMARTS) is 1. The van der Waals surface area contributed by atoms with Crippen LogP contribution in [0.25, 0.3) is 10.6 Å². The zero-order valence-electron chi connectivity index (χ0n) is 15.4. The molecular formula is C19H24N4O3S. The van der Waals surface area contributed by atoms with Crippen molar-refractivity contribution < 1.29 is 14.7 Å². The molecule has 2 heterocycles. The fourth-order valence-electron chi connectivity index (χ4n) is 2.99. The first-order chi connectivity index (χ1) is 13.0. The number of carbonyl (C=O) groups excluding carboxylic acids is 1. The van der Waals surface area contributed by atoms with Crippen molar-refractivity contribution in [1.82, 2.24) is 20.1 Å². The van der Waals surface area contributed by atoms with Crippen LogP contribution in [0.3, 0.4) is 0 Å². The highest BCUT2D eigenvalue weighted by Crippen LogP contribution is 2.25. The van der Waals surface area contributed by atoms with Gasteiger partial charge in [0.15, 0.2) is 0 Å². The zero-order valence-corrected chi connectivity index (χ0v) is 16.2. The smallest absolute Gasteiger partial charge is 0.322 e. The second kappa shape index (κ2) is 9.07. The molecule has 0 saturated carbocycles. The molecule has 0 atom stereocenters. The van der Waals surface area contributed by atoms with Gasteiger partial charge in [0.05, 0.1) is 12.1 Å². The van der Waals surface area contributed by atoms with Crippen LogP contribution >= 0.6 is 11.3 Å². The van der Waals surface area contributed by atoms with E-state index in [0.29, 0.717) is 5.69 Å². The SMILES string of the molecule is CN1CCN(Cc2cccc(-c3nc(CC(=O)NCC(=O)O)cs3)c2)CC1. The van der Waals surface area contributed by atoms with Gasteiger partial charge in [-0.15, -0.1) is 11.3 Å². The van der Waals surface area contributed by atoms with E-state index in [0.717, 1.165) is 43.3 Å². The van der Waals surface area contributed by atoms with Crippen molar-refractivity contribution >= 4 is 23.2 Å². The van der Waals surface area contributed by atoms with Gasteiger partial charge < -0.3 is 15.3 Å². The number of nitrogens with zero attached hydrogens (tertiary/aromatic N) is 3. The van der Waals surface area contributed by atoms with Crippen LogP contribution < -0.4 is 5.32 Å². The minimum absolute atomic E-state index is 0.0881. The quantitative estimate of drug-likeness (QED) is 0.744. The zero-order chi connectivity index (χ0) is 19.2. The number of aromatic nitrogens is 1. The highest BCUT2D eigenvalue weighted by atomic mass is 32.1. The molecule has 1 fully saturated rings. The Kier molecular flexibility index (Phi) is 6.54. The summed E-state index contributed by atoms with van der Waals surface area (Å²) in [5.74, 6) is -1.39. The van der Waals surface area contributed by atoms with Crippen LogP contribution in [-0.4, -0.2) is 71.5 Å². The maximum Gasteiger partial charge on any atom is 0.322 e. The second-order valence-electron chi connectivity index (χ2n) is 6.77. The van der Waals surface area contributed by atoms with Crippen molar-refractivity contribution in [2.24, 2.45) is 0 Å². The van der Waals surface area contributed by atoms with E-state index in [-0.39, 0.29) is 18.9 Å². The van der Waals surface area contributed by atoms with Crippen LogP contribution in [0, 0.1) is 0 Å². The van der Waals surface area contributed by atoms with Gasteiger partial charge >= 0.3 is 5.97 Å². The minimum Gasteiger partial charge on any atom is -0.480 e. The summed E-state index contributed by atoms with van der Waals surface area (Å²) in [6.45, 7) is 4.90. The monoisotopic (exact) mass is 388 g/mol. The van der Waals surface area contributed by atoms with E-state index >= 15 is 0 Å². The maximum atomic E-state index is 11.7. The largest absolute Gasteiger partial charge is 0.480 e. The van der Waals surface area contributed by atoms with Gasteiger partial charge in [0.2, 0.25) is 5.91 Å². The molecule has 0 spiro atoms. The molecule has 1 aliphatic heterocycles. The lowest BCUT2D eigenvalue weighted by molar-refractivity contribution is -0.137. The lowest BCUT2D eigenvalue weighted by atomic mass is 10.1. The summed E-state index contributed by atoms with van der Waals surface area (Å²) in [7, 11) is 2.15. The Morgan fingerprint density at radius 1 is 1.26 bits per heavy atom. The number of hydrogen-bond acceptors (Lipinski definition) is 6. The molecule has 2 N–H and O–H groups in total. The van der Waals surface area contributed by atoms with E-state index in [4.69, 9.17) is 5.11 Å². The van der Waals surface area contributed by atoms with Crippen molar-refractivity contribution in [3.63, 3.8) is 0 Å². The lowest BCUT2D eigenvalue weighted by Gasteiger charge is -2.32. The van der Waals surface area contributed by atoms with Crippen LogP contribution in [0.2, 0.25) is 0 Å². The van der Waals surface area contributed by atoms with Gasteiger partial charge in [-0.25, -0.2) is 4.98 Å². The third-order valence-corrected chi connectivity index (χ3v) is 5.45. The van der Waals surface area contributed by atoms with E-state index in [1.54, 1.807) is 0 Å². The molecule has 0 radical (unpaired) electrons. The Hall–Kier alpha value is -2.29. The number of nitrogens with one attached hydrogen (secondary N) is 1. The average molecular weight is 388 g/mol. The Bertz CT molecular complexity index is 800. The number of amides is 1. The third kappa shape index (κ3) is 5.85. The normalized spacial score (nSPS) is 15.6. The summed E-state index contributed by atoms with van der Waals surface area (Å²) in [4.78, 5) is 31.6. The summed E-state index contributed by atoms with van der Waals surface area (Å²) >= 11 is 1.50. The topological polar surface area (TPSA) is 85.8 Å². The first-order valence-electron chi connectivity index (χ1n) is 8.93. The molecule has 2 aromatic rings. The predicted molar refractivity (Wildman–Crippen MR) is 105 cm³/mol. The van der Waals surface area contributed by atoms with Crippen LogP contribution in [0.4, 0.5) is 0 Å². The number of hydrogen-bond donors (Lipinski definition) is 2. The fraction of sp³-hybridized carbons (Fsp3) is 0.421. The number of piperazine rings is 1. The number of benzene rings is 1. The molecule has 7 nitrogen and oxygen atoms in total. The summed E-state index contributed by atoms with van der Waals surface area (Å²) in [5.41, 5.74) is 2.96. The van der Waals surface area contributed by atoms with Gasteiger partial charge in [0, 0.05) is 43.7 Å². The first kappa shape index (κ1) is 19.5. The van der Waals surface area contributed by atoms with Gasteiger partial charge in [0.1, 0.15) is 11.6 Å². The van der Waals surface area contributed by atoms with Crippen molar-refractivity contribution in [2.45, 2.75) is 13.0 Å². The lowest BCUT2D eigenvalue weighted by Crippen LogP contribution is -2.43. The second-order valence-corrected chi connectivity index (χ2v) is 7.63. The van der Waals surface area contributed by atoms with Gasteiger partial charge in [-0.2, -0.15) is 0 Å². The minimum atomic E-state index is -1.06. The van der Waals surface area contributed by atoms with Crippen LogP contribution in [0.15, 0.2) is 29.6 Å². The van der Waals surface area contributed by atoms with E-state index in [1.165, 1.54) is 16.9 Å². The van der Waals surface area contributed by atoms with Crippen molar-refractivity contribution in [3.8, 4) is 10.6 Å². The molecule has 1 amide bonds. The molecule has 0 unspecified atom stereocenters. The standard InChI is InChI=1S/C19H24N4O3S/c1-22-5-7-23(8-6-22)12-14-3-2-4-15(9-14)19-21-16(13-27-19)10-17(24)20-11-18(25)26/h2-4,9,13H,5-8,10-12H2,1H3,(H,20,24)(H,25,26). The van der Waals surface area contributed by atoms with Gasteiger partial charge in [-0.05, 0) is 18.7 Å². The molecule has 1 aromatic carbocycles. The van der Waals surface area contributed by atoms with E-state index in [9.17, 15) is 9.59 Å². The predicted octanol–water partition coefficient (Wildman–Crippen LogP) is 1.30.